The van der Waals surface area contributed by atoms with E-state index in [0.29, 0.717) is 0 Å². The molecule has 3 aromatic heterocycles. The molecule has 0 amide bonds. The van der Waals surface area contributed by atoms with Crippen LogP contribution in [-0.2, 0) is 12.8 Å². The predicted molar refractivity (Wildman–Crippen MR) is 106 cm³/mol. The van der Waals surface area contributed by atoms with Crippen LogP contribution in [0.25, 0.3) is 20.9 Å². The first kappa shape index (κ1) is 15.7. The normalized spacial score (nSPS) is 20.8. The number of likely N-dealkylation sites (N-methyl/N-ethyl adjacent to an activating group) is 1. The molecule has 1 saturated heterocycles. The molecule has 5 rings (SSSR count). The van der Waals surface area contributed by atoms with E-state index in [4.69, 9.17) is 9.97 Å². The van der Waals surface area contributed by atoms with Crippen molar-refractivity contribution in [3.8, 4) is 10.7 Å². The van der Waals surface area contributed by atoms with E-state index in [-0.39, 0.29) is 0 Å². The van der Waals surface area contributed by atoms with Crippen LogP contribution in [0.15, 0.2) is 17.5 Å². The van der Waals surface area contributed by atoms with Crippen molar-refractivity contribution >= 4 is 38.7 Å². The van der Waals surface area contributed by atoms with Crippen molar-refractivity contribution in [3.63, 3.8) is 0 Å². The Labute approximate surface area is 156 Å². The number of fused-ring (bicyclic) bond motifs is 3. The monoisotopic (exact) mass is 371 g/mol. The number of hydrogen-bond acceptors (Lipinski definition) is 5. The van der Waals surface area contributed by atoms with Gasteiger partial charge in [0.1, 0.15) is 10.6 Å². The van der Waals surface area contributed by atoms with Crippen molar-refractivity contribution in [3.05, 3.63) is 28.0 Å². The molecule has 0 aromatic carbocycles. The summed E-state index contributed by atoms with van der Waals surface area (Å²) in [6, 6.07) is 4.23. The highest BCUT2D eigenvalue weighted by Gasteiger charge is 2.26. The maximum atomic E-state index is 5.11. The lowest BCUT2D eigenvalue weighted by Crippen LogP contribution is -3.09. The Kier molecular flexibility index (Phi) is 3.99. The van der Waals surface area contributed by atoms with Crippen LogP contribution in [0.3, 0.4) is 0 Å². The minimum Gasteiger partial charge on any atom is -0.350 e. The van der Waals surface area contributed by atoms with Gasteiger partial charge in [0.05, 0.1) is 36.9 Å². The summed E-state index contributed by atoms with van der Waals surface area (Å²) < 4.78 is 0. The number of nitrogens with zero attached hydrogens (tertiary/aromatic N) is 3. The second kappa shape index (κ2) is 6.34. The lowest BCUT2D eigenvalue weighted by molar-refractivity contribution is -0.876. The van der Waals surface area contributed by atoms with Gasteiger partial charge in [-0.2, -0.15) is 0 Å². The van der Waals surface area contributed by atoms with Crippen LogP contribution < -0.4 is 9.80 Å². The smallest absolute Gasteiger partial charge is 0.173 e. The third kappa shape index (κ3) is 2.76. The summed E-state index contributed by atoms with van der Waals surface area (Å²) in [5.41, 5.74) is 1.54. The van der Waals surface area contributed by atoms with E-state index in [2.05, 4.69) is 29.5 Å². The molecule has 25 heavy (non-hydrogen) atoms. The van der Waals surface area contributed by atoms with Gasteiger partial charge in [0.25, 0.3) is 0 Å². The third-order valence-electron chi connectivity index (χ3n) is 5.43. The van der Waals surface area contributed by atoms with Crippen molar-refractivity contribution in [2.75, 3.05) is 38.1 Å². The molecule has 1 N–H and O–H groups in total. The average Bonchev–Trinajstić information content (AvgIpc) is 3.30. The maximum absolute atomic E-state index is 5.11. The highest BCUT2D eigenvalue weighted by molar-refractivity contribution is 7.19. The van der Waals surface area contributed by atoms with Gasteiger partial charge in [-0.3, -0.25) is 0 Å². The molecule has 4 heterocycles. The molecule has 3 aromatic rings. The van der Waals surface area contributed by atoms with E-state index in [1.54, 1.807) is 21.1 Å². The largest absolute Gasteiger partial charge is 0.350 e. The number of aryl methyl sites for hydroxylation is 2. The summed E-state index contributed by atoms with van der Waals surface area (Å²) in [6.07, 6.45) is 4.94. The molecule has 4 nitrogen and oxygen atoms in total. The number of hydrogen-bond donors (Lipinski definition) is 1. The van der Waals surface area contributed by atoms with Gasteiger partial charge in [-0.1, -0.05) is 6.07 Å². The SMILES string of the molecule is C[NH+]1CCCN(c2nc(-c3cccs3)nc3sc4c(c23)CCC4)CC1. The van der Waals surface area contributed by atoms with E-state index >= 15 is 0 Å². The highest BCUT2D eigenvalue weighted by atomic mass is 32.1. The summed E-state index contributed by atoms with van der Waals surface area (Å²) in [5, 5.41) is 3.47. The Bertz CT molecular complexity index is 900. The standard InChI is InChI=1S/C19H22N4S2/c1-22-8-4-9-23(11-10-22)18-16-13-5-2-6-14(13)25-19(16)21-17(20-18)15-7-3-12-24-15/h3,7,12H,2,4-6,8-11H2,1H3/p+1. The Morgan fingerprint density at radius 1 is 1.12 bits per heavy atom. The van der Waals surface area contributed by atoms with E-state index < -0.39 is 0 Å². The Morgan fingerprint density at radius 2 is 2.08 bits per heavy atom. The molecule has 0 radical (unpaired) electrons. The fourth-order valence-corrected chi connectivity index (χ4v) is 5.98. The summed E-state index contributed by atoms with van der Waals surface area (Å²) in [5.74, 6) is 2.10. The first-order valence-corrected chi connectivity index (χ1v) is 10.9. The van der Waals surface area contributed by atoms with Crippen LogP contribution in [-0.4, -0.2) is 43.2 Å². The van der Waals surface area contributed by atoms with E-state index in [0.717, 1.165) is 18.9 Å². The summed E-state index contributed by atoms with van der Waals surface area (Å²) in [7, 11) is 2.30. The minimum atomic E-state index is 0.905. The molecule has 1 aliphatic heterocycles. The lowest BCUT2D eigenvalue weighted by atomic mass is 10.1. The zero-order valence-corrected chi connectivity index (χ0v) is 16.2. The number of thiophene rings is 2. The van der Waals surface area contributed by atoms with Crippen molar-refractivity contribution in [1.29, 1.82) is 0 Å². The summed E-state index contributed by atoms with van der Waals surface area (Å²) in [4.78, 5) is 18.1. The van der Waals surface area contributed by atoms with Gasteiger partial charge in [0.15, 0.2) is 5.82 Å². The van der Waals surface area contributed by atoms with E-state index in [9.17, 15) is 0 Å². The quantitative estimate of drug-likeness (QED) is 0.752. The number of anilines is 1. The number of rotatable bonds is 2. The average molecular weight is 372 g/mol. The number of nitrogens with one attached hydrogen (secondary N) is 1. The van der Waals surface area contributed by atoms with Gasteiger partial charge < -0.3 is 9.80 Å². The molecule has 0 spiro atoms. The Hall–Kier alpha value is -1.50. The van der Waals surface area contributed by atoms with Gasteiger partial charge in [0, 0.05) is 17.8 Å². The molecule has 2 aliphatic rings. The number of quaternary nitrogens is 1. The first-order chi connectivity index (χ1) is 12.3. The second-order valence-electron chi connectivity index (χ2n) is 7.18. The first-order valence-electron chi connectivity index (χ1n) is 9.22. The second-order valence-corrected chi connectivity index (χ2v) is 9.21. The topological polar surface area (TPSA) is 33.5 Å². The molecule has 6 heteroatoms. The molecule has 1 fully saturated rings. The fourth-order valence-electron chi connectivity index (χ4n) is 4.07. The van der Waals surface area contributed by atoms with Gasteiger partial charge in [-0.25, -0.2) is 9.97 Å². The Morgan fingerprint density at radius 3 is 2.96 bits per heavy atom. The van der Waals surface area contributed by atoms with Crippen LogP contribution in [0.5, 0.6) is 0 Å². The Balaban J connectivity index is 1.68. The van der Waals surface area contributed by atoms with E-state index in [1.807, 2.05) is 11.3 Å². The van der Waals surface area contributed by atoms with Crippen LogP contribution in [0.1, 0.15) is 23.3 Å². The summed E-state index contributed by atoms with van der Waals surface area (Å²) in [6.45, 7) is 4.64. The fraction of sp³-hybridized carbons (Fsp3) is 0.474. The van der Waals surface area contributed by atoms with Gasteiger partial charge in [0.2, 0.25) is 0 Å². The molecule has 0 saturated carbocycles. The van der Waals surface area contributed by atoms with Crippen LogP contribution in [0.4, 0.5) is 5.82 Å². The number of aromatic nitrogens is 2. The van der Waals surface area contributed by atoms with Crippen LogP contribution >= 0.6 is 22.7 Å². The zero-order valence-electron chi connectivity index (χ0n) is 14.5. The molecular weight excluding hydrogens is 348 g/mol. The third-order valence-corrected chi connectivity index (χ3v) is 7.48. The van der Waals surface area contributed by atoms with Gasteiger partial charge in [-0.15, -0.1) is 22.7 Å². The molecule has 1 unspecified atom stereocenters. The van der Waals surface area contributed by atoms with Crippen LogP contribution in [0.2, 0.25) is 0 Å². The molecule has 1 atom stereocenters. The van der Waals surface area contributed by atoms with Crippen molar-refractivity contribution in [2.24, 2.45) is 0 Å². The summed E-state index contributed by atoms with van der Waals surface area (Å²) >= 11 is 3.64. The molecule has 130 valence electrons. The van der Waals surface area contributed by atoms with Gasteiger partial charge >= 0.3 is 0 Å². The predicted octanol–water partition coefficient (Wildman–Crippen LogP) is 2.63. The lowest BCUT2D eigenvalue weighted by Gasteiger charge is -2.22. The maximum Gasteiger partial charge on any atom is 0.173 e. The molecule has 1 aliphatic carbocycles. The van der Waals surface area contributed by atoms with Crippen molar-refractivity contribution in [2.45, 2.75) is 25.7 Å². The van der Waals surface area contributed by atoms with Crippen molar-refractivity contribution in [1.82, 2.24) is 9.97 Å². The van der Waals surface area contributed by atoms with Crippen LogP contribution in [0, 0.1) is 0 Å². The van der Waals surface area contributed by atoms with Crippen molar-refractivity contribution < 1.29 is 4.90 Å². The van der Waals surface area contributed by atoms with Gasteiger partial charge in [-0.05, 0) is 36.3 Å². The molecule has 0 bridgehead atoms. The van der Waals surface area contributed by atoms with E-state index in [1.165, 1.54) is 65.2 Å². The minimum absolute atomic E-state index is 0.905. The molecular formula is C19H23N4S2+. The zero-order chi connectivity index (χ0) is 16.8. The highest BCUT2D eigenvalue weighted by Crippen LogP contribution is 2.41.